The highest BCUT2D eigenvalue weighted by atomic mass is 31.2. The number of unbranched alkanes of at least 4 members (excludes halogenated alkanes) is 30. The third kappa shape index (κ3) is 72.1. The predicted octanol–water partition coefficient (Wildman–Crippen LogP) is 22.6. The molecular weight excluding hydrogens is 1310 g/mol. The van der Waals surface area contributed by atoms with E-state index < -0.39 is 97.5 Å². The van der Waals surface area contributed by atoms with Crippen molar-refractivity contribution in [2.75, 3.05) is 39.6 Å². The summed E-state index contributed by atoms with van der Waals surface area (Å²) in [6.07, 6.45) is 77.9. The lowest BCUT2D eigenvalue weighted by Gasteiger charge is -2.21. The first-order chi connectivity index (χ1) is 48.7. The first kappa shape index (κ1) is 95.7. The van der Waals surface area contributed by atoms with Crippen molar-refractivity contribution in [2.45, 2.75) is 341 Å². The molecule has 0 heterocycles. The predicted molar refractivity (Wildman–Crippen MR) is 408 cm³/mol. The van der Waals surface area contributed by atoms with Crippen molar-refractivity contribution in [1.82, 2.24) is 0 Å². The maximum absolute atomic E-state index is 13.1. The molecule has 17 nitrogen and oxygen atoms in total. The van der Waals surface area contributed by atoms with E-state index in [0.717, 1.165) is 148 Å². The average molecular weight is 1450 g/mol. The van der Waals surface area contributed by atoms with Crippen LogP contribution in [0.25, 0.3) is 0 Å². The molecule has 0 spiro atoms. The summed E-state index contributed by atoms with van der Waals surface area (Å²) in [5, 5.41) is 10.6. The summed E-state index contributed by atoms with van der Waals surface area (Å²) < 4.78 is 68.4. The molecular formula is C81H140O17P2. The highest BCUT2D eigenvalue weighted by molar-refractivity contribution is 7.47. The second-order valence-electron chi connectivity index (χ2n) is 26.0. The molecule has 576 valence electrons. The van der Waals surface area contributed by atoms with Gasteiger partial charge in [-0.1, -0.05) is 259 Å². The van der Waals surface area contributed by atoms with Crippen LogP contribution in [0.4, 0.5) is 0 Å². The summed E-state index contributed by atoms with van der Waals surface area (Å²) >= 11 is 0. The van der Waals surface area contributed by atoms with Gasteiger partial charge in [0, 0.05) is 25.7 Å². The Bertz CT molecular complexity index is 2320. The van der Waals surface area contributed by atoms with E-state index in [0.29, 0.717) is 32.1 Å². The lowest BCUT2D eigenvalue weighted by Crippen LogP contribution is -2.30. The highest BCUT2D eigenvalue weighted by Gasteiger charge is 2.30. The van der Waals surface area contributed by atoms with E-state index in [9.17, 15) is 43.2 Å². The number of aliphatic hydroxyl groups is 1. The van der Waals surface area contributed by atoms with E-state index in [1.807, 2.05) is 12.2 Å². The molecule has 5 atom stereocenters. The van der Waals surface area contributed by atoms with Crippen LogP contribution in [-0.2, 0) is 65.4 Å². The number of phosphoric ester groups is 2. The Balaban J connectivity index is 5.44. The van der Waals surface area contributed by atoms with Crippen LogP contribution < -0.4 is 0 Å². The Morgan fingerprint density at radius 2 is 0.530 bits per heavy atom. The van der Waals surface area contributed by atoms with Crippen LogP contribution in [0.3, 0.4) is 0 Å². The number of hydrogen-bond donors (Lipinski definition) is 3. The van der Waals surface area contributed by atoms with E-state index in [-0.39, 0.29) is 25.7 Å². The number of ether oxygens (including phenoxy) is 4. The molecule has 2 unspecified atom stereocenters. The van der Waals surface area contributed by atoms with E-state index in [2.05, 4.69) is 125 Å². The summed E-state index contributed by atoms with van der Waals surface area (Å²) in [5.74, 6) is -2.28. The molecule has 0 aliphatic heterocycles. The fourth-order valence-electron chi connectivity index (χ4n) is 10.2. The van der Waals surface area contributed by atoms with E-state index >= 15 is 0 Å². The molecule has 0 aromatic heterocycles. The summed E-state index contributed by atoms with van der Waals surface area (Å²) in [6, 6.07) is 0. The molecule has 0 aromatic carbocycles. The summed E-state index contributed by atoms with van der Waals surface area (Å²) in [7, 11) is -9.98. The van der Waals surface area contributed by atoms with E-state index in [1.54, 1.807) is 0 Å². The molecule has 0 radical (unpaired) electrons. The van der Waals surface area contributed by atoms with E-state index in [1.165, 1.54) is 89.9 Å². The van der Waals surface area contributed by atoms with Crippen molar-refractivity contribution in [3.8, 4) is 0 Å². The van der Waals surface area contributed by atoms with Gasteiger partial charge >= 0.3 is 39.5 Å². The Kier molecular flexibility index (Phi) is 69.9. The molecule has 0 fully saturated rings. The molecule has 0 aromatic rings. The normalized spacial score (nSPS) is 14.5. The number of carbonyl (C=O) groups excluding carboxylic acids is 4. The Morgan fingerprint density at radius 1 is 0.290 bits per heavy atom. The van der Waals surface area contributed by atoms with Gasteiger partial charge in [0.1, 0.15) is 19.3 Å². The van der Waals surface area contributed by atoms with Crippen LogP contribution in [0.15, 0.2) is 109 Å². The fraction of sp³-hybridized carbons (Fsp3) is 0.728. The van der Waals surface area contributed by atoms with E-state index in [4.69, 9.17) is 37.0 Å². The third-order valence-corrected chi connectivity index (χ3v) is 18.1. The fourth-order valence-corrected chi connectivity index (χ4v) is 11.7. The molecule has 0 aliphatic rings. The smallest absolute Gasteiger partial charge is 0.462 e. The molecule has 0 saturated carbocycles. The molecule has 0 aliphatic carbocycles. The molecule has 0 amide bonds. The number of aliphatic hydroxyl groups excluding tert-OH is 1. The number of allylic oxidation sites excluding steroid dienone is 18. The third-order valence-electron chi connectivity index (χ3n) is 16.2. The summed E-state index contributed by atoms with van der Waals surface area (Å²) in [5.41, 5.74) is 0. The van der Waals surface area contributed by atoms with Gasteiger partial charge in [-0.15, -0.1) is 0 Å². The number of phosphoric acid groups is 2. The topological polar surface area (TPSA) is 237 Å². The Morgan fingerprint density at radius 3 is 0.880 bits per heavy atom. The van der Waals surface area contributed by atoms with Gasteiger partial charge in [0.25, 0.3) is 0 Å². The summed E-state index contributed by atoms with van der Waals surface area (Å²) in [6.45, 7) is 4.69. The van der Waals surface area contributed by atoms with Crippen molar-refractivity contribution in [3.05, 3.63) is 109 Å². The zero-order valence-electron chi connectivity index (χ0n) is 62.8. The van der Waals surface area contributed by atoms with Gasteiger partial charge < -0.3 is 33.8 Å². The molecule has 0 saturated heterocycles. The van der Waals surface area contributed by atoms with Crippen LogP contribution in [0.1, 0.15) is 323 Å². The minimum Gasteiger partial charge on any atom is -0.462 e. The van der Waals surface area contributed by atoms with Crippen LogP contribution in [0, 0.1) is 0 Å². The SMILES string of the molecule is CCCCC/C=C\C/C=C\C/C=C\C/C=C\CCCC(=O)O[C@H](COC(=O)CCCCCCC/C=C\C/C=C\CCCCC)COP(=O)(O)OC[C@@H](O)COP(=O)(O)OC[C@@H](COC(=O)CCCCCCC/C=C\CCCCCC)OC(=O)CCCCCCC/C=C\C=C/CCCCCC. The van der Waals surface area contributed by atoms with Crippen molar-refractivity contribution < 1.29 is 80.2 Å². The van der Waals surface area contributed by atoms with Gasteiger partial charge in [-0.05, 0) is 148 Å². The van der Waals surface area contributed by atoms with Gasteiger partial charge in [0.2, 0.25) is 0 Å². The number of esters is 4. The minimum absolute atomic E-state index is 0.0146. The Labute approximate surface area is 607 Å². The minimum atomic E-state index is -4.99. The van der Waals surface area contributed by atoms with Crippen LogP contribution >= 0.6 is 15.6 Å². The van der Waals surface area contributed by atoms with Crippen LogP contribution in [-0.4, -0.2) is 96.7 Å². The monoisotopic (exact) mass is 1450 g/mol. The zero-order chi connectivity index (χ0) is 73.2. The van der Waals surface area contributed by atoms with Gasteiger partial charge in [0.05, 0.1) is 26.4 Å². The molecule has 19 heteroatoms. The quantitative estimate of drug-likeness (QED) is 0.0128. The standard InChI is InChI=1S/C81H140O17P2/c1-5-9-13-17-21-25-29-33-36-37-40-44-48-52-56-60-64-68-81(86)98-77(72-92-79(84)66-62-58-54-50-46-42-38-34-30-26-22-18-14-10-6-2)74-96-100(89,90)94-70-75(82)69-93-99(87,88)95-73-76(71-91-78(83)65-61-57-53-49-45-41-32-28-24-20-16-12-8-4)97-80(85)67-63-59-55-51-47-43-39-35-31-27-23-19-15-11-7-3/h21-22,25-28,31-36,38-40,44,52,56,75-77,82H,5-20,23-24,29-30,37,41-43,45-51,53-55,57-74H2,1-4H3,(H,87,88)(H,89,90)/b25-21-,26-22-,31-27-,32-28-,36-33-,38-34-,39-35-,44-40-,56-52-/t75-,76+,77+/m0/s1. The molecule has 0 bridgehead atoms. The van der Waals surface area contributed by atoms with Crippen molar-refractivity contribution in [2.24, 2.45) is 0 Å². The molecule has 0 rings (SSSR count). The van der Waals surface area contributed by atoms with Crippen LogP contribution in [0.5, 0.6) is 0 Å². The zero-order valence-corrected chi connectivity index (χ0v) is 64.6. The molecule has 100 heavy (non-hydrogen) atoms. The summed E-state index contributed by atoms with van der Waals surface area (Å²) in [4.78, 5) is 72.9. The van der Waals surface area contributed by atoms with Crippen molar-refractivity contribution >= 4 is 39.5 Å². The number of carbonyl (C=O) groups is 4. The lowest BCUT2D eigenvalue weighted by atomic mass is 10.1. The van der Waals surface area contributed by atoms with Crippen molar-refractivity contribution in [3.63, 3.8) is 0 Å². The van der Waals surface area contributed by atoms with Gasteiger partial charge in [-0.25, -0.2) is 9.13 Å². The largest absolute Gasteiger partial charge is 0.472 e. The number of hydrogen-bond acceptors (Lipinski definition) is 15. The van der Waals surface area contributed by atoms with Gasteiger partial charge in [0.15, 0.2) is 12.2 Å². The van der Waals surface area contributed by atoms with Crippen LogP contribution in [0.2, 0.25) is 0 Å². The Hall–Kier alpha value is -4.28. The number of rotatable bonds is 73. The lowest BCUT2D eigenvalue weighted by molar-refractivity contribution is -0.161. The van der Waals surface area contributed by atoms with Crippen molar-refractivity contribution in [1.29, 1.82) is 0 Å². The average Bonchev–Trinajstić information content (AvgIpc) is 1.22. The maximum atomic E-state index is 13.1. The first-order valence-corrected chi connectivity index (χ1v) is 42.1. The van der Waals surface area contributed by atoms with Gasteiger partial charge in [-0.2, -0.15) is 0 Å². The second kappa shape index (κ2) is 73.0. The van der Waals surface area contributed by atoms with Gasteiger partial charge in [-0.3, -0.25) is 37.3 Å². The second-order valence-corrected chi connectivity index (χ2v) is 28.9. The molecule has 3 N–H and O–H groups in total. The maximum Gasteiger partial charge on any atom is 0.472 e. The first-order valence-electron chi connectivity index (χ1n) is 39.1. The highest BCUT2D eigenvalue weighted by Crippen LogP contribution is 2.45.